The molecule has 1 aliphatic rings. The summed E-state index contributed by atoms with van der Waals surface area (Å²) in [5.74, 6) is 1.06. The molecule has 3 heteroatoms. The van der Waals surface area contributed by atoms with Crippen LogP contribution in [0.25, 0.3) is 0 Å². The third-order valence-electron chi connectivity index (χ3n) is 3.42. The Bertz CT molecular complexity index is 348. The normalized spacial score (nSPS) is 19.1. The Labute approximate surface area is 103 Å². The minimum Gasteiger partial charge on any atom is -0.508 e. The number of ether oxygens (including phenoxy) is 1. The van der Waals surface area contributed by atoms with Gasteiger partial charge in [-0.3, -0.25) is 0 Å². The third kappa shape index (κ3) is 3.72. The molecule has 2 N–H and O–H groups in total. The van der Waals surface area contributed by atoms with E-state index in [1.165, 1.54) is 0 Å². The molecular formula is C14H21NO2. The molecule has 0 radical (unpaired) electrons. The number of rotatable bonds is 4. The van der Waals surface area contributed by atoms with E-state index in [9.17, 15) is 5.11 Å². The number of phenols is 1. The smallest absolute Gasteiger partial charge is 0.115 e. The fraction of sp³-hybridized carbons (Fsp3) is 0.571. The monoisotopic (exact) mass is 235 g/mol. The van der Waals surface area contributed by atoms with Crippen LogP contribution in [0.1, 0.15) is 31.4 Å². The molecule has 0 aromatic heterocycles. The van der Waals surface area contributed by atoms with Crippen molar-refractivity contribution in [3.05, 3.63) is 29.8 Å². The summed E-state index contributed by atoms with van der Waals surface area (Å²) >= 11 is 0. The first kappa shape index (κ1) is 12.4. The minimum absolute atomic E-state index is 0.282. The van der Waals surface area contributed by atoms with Gasteiger partial charge in [0, 0.05) is 19.3 Å². The number of hydrogen-bond donors (Lipinski definition) is 2. The van der Waals surface area contributed by atoms with Crippen molar-refractivity contribution in [1.82, 2.24) is 5.32 Å². The lowest BCUT2D eigenvalue weighted by molar-refractivity contribution is 0.0656. The Morgan fingerprint density at radius 2 is 2.18 bits per heavy atom. The van der Waals surface area contributed by atoms with Gasteiger partial charge in [-0.05, 0) is 49.9 Å². The average molecular weight is 235 g/mol. The van der Waals surface area contributed by atoms with E-state index >= 15 is 0 Å². The zero-order chi connectivity index (χ0) is 12.1. The van der Waals surface area contributed by atoms with E-state index in [0.717, 1.165) is 44.1 Å². The molecule has 0 saturated carbocycles. The second kappa shape index (κ2) is 6.03. The van der Waals surface area contributed by atoms with Gasteiger partial charge in [0.25, 0.3) is 0 Å². The molecule has 0 spiro atoms. The fourth-order valence-corrected chi connectivity index (χ4v) is 2.21. The molecule has 1 saturated heterocycles. The lowest BCUT2D eigenvalue weighted by Crippen LogP contribution is -2.29. The molecule has 0 bridgehead atoms. The van der Waals surface area contributed by atoms with Crippen LogP contribution >= 0.6 is 0 Å². The van der Waals surface area contributed by atoms with Crippen molar-refractivity contribution in [2.24, 2.45) is 5.92 Å². The van der Waals surface area contributed by atoms with Crippen molar-refractivity contribution in [3.63, 3.8) is 0 Å². The second-order valence-electron chi connectivity index (χ2n) is 4.78. The molecule has 1 unspecified atom stereocenters. The average Bonchev–Trinajstić information content (AvgIpc) is 2.37. The fourth-order valence-electron chi connectivity index (χ4n) is 2.21. The SMILES string of the molecule is CC(NCC1CCOCC1)c1cccc(O)c1. The summed E-state index contributed by atoms with van der Waals surface area (Å²) in [5.41, 5.74) is 1.14. The zero-order valence-electron chi connectivity index (χ0n) is 10.4. The molecule has 17 heavy (non-hydrogen) atoms. The molecule has 1 heterocycles. The molecular weight excluding hydrogens is 214 g/mol. The van der Waals surface area contributed by atoms with Crippen molar-refractivity contribution in [3.8, 4) is 5.75 Å². The Morgan fingerprint density at radius 3 is 2.88 bits per heavy atom. The summed E-state index contributed by atoms with van der Waals surface area (Å²) < 4.78 is 5.35. The van der Waals surface area contributed by atoms with Crippen LogP contribution in [-0.4, -0.2) is 24.9 Å². The van der Waals surface area contributed by atoms with Crippen LogP contribution in [-0.2, 0) is 4.74 Å². The van der Waals surface area contributed by atoms with Crippen molar-refractivity contribution >= 4 is 0 Å². The largest absolute Gasteiger partial charge is 0.508 e. The standard InChI is InChI=1S/C14H21NO2/c1-11(13-3-2-4-14(16)9-13)15-10-12-5-7-17-8-6-12/h2-4,9,11-12,15-16H,5-8,10H2,1H3. The summed E-state index contributed by atoms with van der Waals surface area (Å²) in [6.45, 7) is 4.95. The topological polar surface area (TPSA) is 41.5 Å². The minimum atomic E-state index is 0.282. The van der Waals surface area contributed by atoms with Crippen molar-refractivity contribution in [2.45, 2.75) is 25.8 Å². The molecule has 2 rings (SSSR count). The summed E-state index contributed by atoms with van der Waals surface area (Å²) in [6, 6.07) is 7.74. The van der Waals surface area contributed by atoms with E-state index in [1.807, 2.05) is 18.2 Å². The quantitative estimate of drug-likeness (QED) is 0.842. The van der Waals surface area contributed by atoms with Gasteiger partial charge in [-0.25, -0.2) is 0 Å². The van der Waals surface area contributed by atoms with Gasteiger partial charge in [0.1, 0.15) is 5.75 Å². The van der Waals surface area contributed by atoms with Crippen LogP contribution in [0, 0.1) is 5.92 Å². The van der Waals surface area contributed by atoms with Crippen LogP contribution in [0.3, 0.4) is 0 Å². The lowest BCUT2D eigenvalue weighted by Gasteiger charge is -2.24. The first-order valence-corrected chi connectivity index (χ1v) is 6.36. The predicted octanol–water partition coefficient (Wildman–Crippen LogP) is 2.47. The maximum atomic E-state index is 9.43. The van der Waals surface area contributed by atoms with Crippen molar-refractivity contribution < 1.29 is 9.84 Å². The number of hydrogen-bond acceptors (Lipinski definition) is 3. The van der Waals surface area contributed by atoms with Gasteiger partial charge in [-0.2, -0.15) is 0 Å². The van der Waals surface area contributed by atoms with Gasteiger partial charge < -0.3 is 15.2 Å². The molecule has 1 fully saturated rings. The van der Waals surface area contributed by atoms with E-state index in [4.69, 9.17) is 4.74 Å². The molecule has 0 amide bonds. The first-order chi connectivity index (χ1) is 8.25. The molecule has 3 nitrogen and oxygen atoms in total. The van der Waals surface area contributed by atoms with Gasteiger partial charge in [0.05, 0.1) is 0 Å². The number of benzene rings is 1. The van der Waals surface area contributed by atoms with E-state index < -0.39 is 0 Å². The first-order valence-electron chi connectivity index (χ1n) is 6.36. The van der Waals surface area contributed by atoms with E-state index in [0.29, 0.717) is 5.75 Å². The second-order valence-corrected chi connectivity index (χ2v) is 4.78. The van der Waals surface area contributed by atoms with Crippen LogP contribution in [0.4, 0.5) is 0 Å². The van der Waals surface area contributed by atoms with Crippen LogP contribution in [0.15, 0.2) is 24.3 Å². The Balaban J connectivity index is 1.82. The van der Waals surface area contributed by atoms with Gasteiger partial charge >= 0.3 is 0 Å². The number of nitrogens with one attached hydrogen (secondary N) is 1. The van der Waals surface area contributed by atoms with Crippen molar-refractivity contribution in [2.75, 3.05) is 19.8 Å². The number of phenolic OH excluding ortho intramolecular Hbond substituents is 1. The maximum absolute atomic E-state index is 9.43. The van der Waals surface area contributed by atoms with Crippen LogP contribution in [0.2, 0.25) is 0 Å². The Hall–Kier alpha value is -1.06. The van der Waals surface area contributed by atoms with Gasteiger partial charge in [0.15, 0.2) is 0 Å². The molecule has 1 aromatic rings. The van der Waals surface area contributed by atoms with E-state index in [1.54, 1.807) is 6.07 Å². The molecule has 1 aromatic carbocycles. The predicted molar refractivity (Wildman–Crippen MR) is 68.1 cm³/mol. The van der Waals surface area contributed by atoms with E-state index in [-0.39, 0.29) is 6.04 Å². The zero-order valence-corrected chi connectivity index (χ0v) is 10.4. The van der Waals surface area contributed by atoms with Crippen molar-refractivity contribution in [1.29, 1.82) is 0 Å². The molecule has 94 valence electrons. The maximum Gasteiger partial charge on any atom is 0.115 e. The summed E-state index contributed by atoms with van der Waals surface area (Å²) in [5, 5.41) is 13.0. The van der Waals surface area contributed by atoms with Crippen LogP contribution < -0.4 is 5.32 Å². The highest BCUT2D eigenvalue weighted by molar-refractivity contribution is 5.28. The number of aromatic hydroxyl groups is 1. The molecule has 0 aliphatic carbocycles. The lowest BCUT2D eigenvalue weighted by atomic mass is 9.99. The van der Waals surface area contributed by atoms with Crippen LogP contribution in [0.5, 0.6) is 5.75 Å². The highest BCUT2D eigenvalue weighted by Crippen LogP contribution is 2.19. The Morgan fingerprint density at radius 1 is 1.41 bits per heavy atom. The third-order valence-corrected chi connectivity index (χ3v) is 3.42. The van der Waals surface area contributed by atoms with Gasteiger partial charge in [-0.15, -0.1) is 0 Å². The van der Waals surface area contributed by atoms with Gasteiger partial charge in [-0.1, -0.05) is 12.1 Å². The highest BCUT2D eigenvalue weighted by Gasteiger charge is 2.14. The Kier molecular flexibility index (Phi) is 4.40. The molecule has 1 aliphatic heterocycles. The highest BCUT2D eigenvalue weighted by atomic mass is 16.5. The van der Waals surface area contributed by atoms with Gasteiger partial charge in [0.2, 0.25) is 0 Å². The summed E-state index contributed by atoms with van der Waals surface area (Å²) in [7, 11) is 0. The van der Waals surface area contributed by atoms with E-state index in [2.05, 4.69) is 12.2 Å². The summed E-state index contributed by atoms with van der Waals surface area (Å²) in [6.07, 6.45) is 2.31. The molecule has 1 atom stereocenters. The summed E-state index contributed by atoms with van der Waals surface area (Å²) in [4.78, 5) is 0.